The maximum absolute atomic E-state index is 12.7. The summed E-state index contributed by atoms with van der Waals surface area (Å²) in [6.07, 6.45) is -4.93. The number of alkyl halides is 4. The molecule has 2 aromatic rings. The van der Waals surface area contributed by atoms with Crippen molar-refractivity contribution in [3.8, 4) is 11.5 Å². The first-order valence-electron chi connectivity index (χ1n) is 7.65. The van der Waals surface area contributed by atoms with Crippen LogP contribution in [0.3, 0.4) is 0 Å². The molecule has 0 unspecified atom stereocenters. The van der Waals surface area contributed by atoms with E-state index >= 15 is 0 Å². The number of hydrogen-bond acceptors (Lipinski definition) is 5. The Morgan fingerprint density at radius 1 is 1.21 bits per heavy atom. The number of benzene rings is 2. The Morgan fingerprint density at radius 2 is 1.93 bits per heavy atom. The number of ether oxygens (including phenoxy) is 2. The summed E-state index contributed by atoms with van der Waals surface area (Å²) >= 11 is 8.92. The Labute approximate surface area is 170 Å². The lowest BCUT2D eigenvalue weighted by molar-refractivity contribution is -0.385. The number of halogens is 5. The molecule has 0 aliphatic heterocycles. The van der Waals surface area contributed by atoms with Crippen molar-refractivity contribution in [1.82, 2.24) is 0 Å². The lowest BCUT2D eigenvalue weighted by Gasteiger charge is -2.12. The predicted octanol–water partition coefficient (Wildman–Crippen LogP) is 5.54. The molecule has 2 aromatic carbocycles. The molecule has 0 atom stereocenters. The Bertz CT molecular complexity index is 892. The van der Waals surface area contributed by atoms with Crippen LogP contribution in [0.1, 0.15) is 11.1 Å². The minimum Gasteiger partial charge on any atom is -0.465 e. The third-order valence-electron chi connectivity index (χ3n) is 3.41. The van der Waals surface area contributed by atoms with E-state index in [9.17, 15) is 28.1 Å². The first-order chi connectivity index (χ1) is 13.1. The average Bonchev–Trinajstić information content (AvgIpc) is 2.60. The first-order valence-corrected chi connectivity index (χ1v) is 9.15. The van der Waals surface area contributed by atoms with Gasteiger partial charge in [-0.3, -0.25) is 14.9 Å². The third kappa shape index (κ3) is 5.83. The van der Waals surface area contributed by atoms with E-state index in [0.29, 0.717) is 11.4 Å². The first kappa shape index (κ1) is 22.0. The molecule has 6 nitrogen and oxygen atoms in total. The molecule has 11 heteroatoms. The van der Waals surface area contributed by atoms with Gasteiger partial charge in [-0.15, -0.1) is 0 Å². The molecule has 0 saturated carbocycles. The average molecular weight is 483 g/mol. The Morgan fingerprint density at radius 3 is 2.50 bits per heavy atom. The minimum absolute atomic E-state index is 0.0325. The number of carbonyl (C=O) groups excluding carboxylic acids is 1. The molecular weight excluding hydrogens is 471 g/mol. The van der Waals surface area contributed by atoms with Crippen LogP contribution < -0.4 is 4.74 Å². The lowest BCUT2D eigenvalue weighted by Crippen LogP contribution is -2.11. The van der Waals surface area contributed by atoms with E-state index in [2.05, 4.69) is 15.9 Å². The van der Waals surface area contributed by atoms with Crippen molar-refractivity contribution in [2.45, 2.75) is 12.6 Å². The fourth-order valence-corrected chi connectivity index (χ4v) is 2.57. The third-order valence-corrected chi connectivity index (χ3v) is 4.03. The zero-order valence-corrected chi connectivity index (χ0v) is 16.3. The van der Waals surface area contributed by atoms with Crippen LogP contribution in [0.4, 0.5) is 18.9 Å². The van der Waals surface area contributed by atoms with Gasteiger partial charge in [0.25, 0.3) is 5.69 Å². The fourth-order valence-electron chi connectivity index (χ4n) is 2.19. The molecule has 0 aromatic heterocycles. The summed E-state index contributed by atoms with van der Waals surface area (Å²) < 4.78 is 48.4. The fraction of sp³-hybridized carbons (Fsp3) is 0.235. The Hall–Kier alpha value is -2.33. The van der Waals surface area contributed by atoms with Gasteiger partial charge < -0.3 is 9.47 Å². The number of nitrogens with zero attached hydrogens (tertiary/aromatic N) is 1. The van der Waals surface area contributed by atoms with Gasteiger partial charge in [-0.2, -0.15) is 13.2 Å². The molecule has 28 heavy (non-hydrogen) atoms. The van der Waals surface area contributed by atoms with E-state index in [1.807, 2.05) is 0 Å². The molecule has 0 aliphatic carbocycles. The second kappa shape index (κ2) is 9.24. The predicted molar refractivity (Wildman–Crippen MR) is 98.1 cm³/mol. The molecule has 0 spiro atoms. The van der Waals surface area contributed by atoms with Crippen molar-refractivity contribution in [2.24, 2.45) is 0 Å². The van der Waals surface area contributed by atoms with Crippen molar-refractivity contribution >= 4 is 39.2 Å². The lowest BCUT2D eigenvalue weighted by atomic mass is 10.1. The topological polar surface area (TPSA) is 78.7 Å². The maximum atomic E-state index is 12.7. The summed E-state index contributed by atoms with van der Waals surface area (Å²) in [5, 5.41) is 11.3. The van der Waals surface area contributed by atoms with Gasteiger partial charge in [0, 0.05) is 17.0 Å². The van der Waals surface area contributed by atoms with E-state index in [1.54, 1.807) is 0 Å². The van der Waals surface area contributed by atoms with Gasteiger partial charge in [0.2, 0.25) is 0 Å². The van der Waals surface area contributed by atoms with Crippen molar-refractivity contribution in [2.75, 3.05) is 11.9 Å². The van der Waals surface area contributed by atoms with E-state index < -0.39 is 22.6 Å². The summed E-state index contributed by atoms with van der Waals surface area (Å²) in [5.74, 6) is -0.681. The second-order valence-corrected chi connectivity index (χ2v) is 6.58. The summed E-state index contributed by atoms with van der Waals surface area (Å²) in [5.41, 5.74) is -1.23. The number of nitro benzene ring substituents is 1. The molecule has 0 fully saturated rings. The van der Waals surface area contributed by atoms with E-state index in [4.69, 9.17) is 21.1 Å². The van der Waals surface area contributed by atoms with Gasteiger partial charge in [-0.05, 0) is 30.3 Å². The van der Waals surface area contributed by atoms with Crippen LogP contribution in [0.25, 0.3) is 0 Å². The normalized spacial score (nSPS) is 11.2. The Kier molecular flexibility index (Phi) is 7.25. The van der Waals surface area contributed by atoms with Crippen LogP contribution in [0.15, 0.2) is 36.4 Å². The van der Waals surface area contributed by atoms with Gasteiger partial charge in [0.1, 0.15) is 18.1 Å². The molecular formula is C17H12BrClF3NO5. The second-order valence-electron chi connectivity index (χ2n) is 5.38. The van der Waals surface area contributed by atoms with E-state index in [0.717, 1.165) is 18.2 Å². The largest absolute Gasteiger partial charge is 0.465 e. The maximum Gasteiger partial charge on any atom is 0.416 e. The minimum atomic E-state index is -4.56. The van der Waals surface area contributed by atoms with E-state index in [-0.39, 0.29) is 40.8 Å². The zero-order chi connectivity index (χ0) is 20.9. The molecule has 0 bridgehead atoms. The van der Waals surface area contributed by atoms with Crippen LogP contribution in [0, 0.1) is 10.1 Å². The van der Waals surface area contributed by atoms with Crippen LogP contribution in [0.2, 0.25) is 5.02 Å². The van der Waals surface area contributed by atoms with Crippen LogP contribution >= 0.6 is 27.5 Å². The highest BCUT2D eigenvalue weighted by atomic mass is 79.9. The van der Waals surface area contributed by atoms with Crippen molar-refractivity contribution in [3.05, 3.63) is 62.7 Å². The molecule has 0 N–H and O–H groups in total. The van der Waals surface area contributed by atoms with Gasteiger partial charge in [0.15, 0.2) is 0 Å². The SMILES string of the molecule is O=C(Cc1cc(Oc2ccc(C(F)(F)F)cc2Cl)ccc1[N+](=O)[O-])OCCBr. The molecule has 2 rings (SSSR count). The van der Waals surface area contributed by atoms with Crippen LogP contribution in [-0.2, 0) is 22.1 Å². The smallest absolute Gasteiger partial charge is 0.416 e. The van der Waals surface area contributed by atoms with Crippen molar-refractivity contribution in [1.29, 1.82) is 0 Å². The van der Waals surface area contributed by atoms with Crippen LogP contribution in [0.5, 0.6) is 11.5 Å². The van der Waals surface area contributed by atoms with Gasteiger partial charge in [0.05, 0.1) is 21.9 Å². The highest BCUT2D eigenvalue weighted by Gasteiger charge is 2.31. The highest BCUT2D eigenvalue weighted by Crippen LogP contribution is 2.37. The Balaban J connectivity index is 2.28. The summed E-state index contributed by atoms with van der Waals surface area (Å²) in [7, 11) is 0. The van der Waals surface area contributed by atoms with Crippen molar-refractivity contribution < 1.29 is 32.4 Å². The number of esters is 1. The van der Waals surface area contributed by atoms with Gasteiger partial charge in [-0.1, -0.05) is 27.5 Å². The summed E-state index contributed by atoms with van der Waals surface area (Å²) in [6, 6.07) is 6.16. The monoisotopic (exact) mass is 481 g/mol. The molecule has 0 amide bonds. The molecule has 0 heterocycles. The number of carbonyl (C=O) groups is 1. The van der Waals surface area contributed by atoms with Gasteiger partial charge in [-0.25, -0.2) is 0 Å². The number of rotatable bonds is 7. The van der Waals surface area contributed by atoms with Crippen LogP contribution in [-0.4, -0.2) is 22.8 Å². The summed E-state index contributed by atoms with van der Waals surface area (Å²) in [6.45, 7) is 0.101. The van der Waals surface area contributed by atoms with Crippen molar-refractivity contribution in [3.63, 3.8) is 0 Å². The summed E-state index contributed by atoms with van der Waals surface area (Å²) in [4.78, 5) is 22.3. The van der Waals surface area contributed by atoms with E-state index in [1.165, 1.54) is 12.1 Å². The number of nitro groups is 1. The molecule has 0 radical (unpaired) electrons. The standard InChI is InChI=1S/C17H12BrClF3NO5/c18-5-6-27-16(24)8-10-7-12(2-3-14(10)23(25)26)28-15-4-1-11(9-13(15)19)17(20,21)22/h1-4,7,9H,5-6,8H2. The van der Waals surface area contributed by atoms with Gasteiger partial charge >= 0.3 is 12.1 Å². The molecule has 0 aliphatic rings. The highest BCUT2D eigenvalue weighted by molar-refractivity contribution is 9.09. The number of hydrogen-bond donors (Lipinski definition) is 0. The zero-order valence-electron chi connectivity index (χ0n) is 14.0. The quantitative estimate of drug-likeness (QED) is 0.224. The molecule has 150 valence electrons. The molecule has 0 saturated heterocycles.